The molecule has 24 heavy (non-hydrogen) atoms. The van der Waals surface area contributed by atoms with Crippen LogP contribution in [0.5, 0.6) is 0 Å². The summed E-state index contributed by atoms with van der Waals surface area (Å²) >= 11 is 3.40. The Bertz CT molecular complexity index is 523. The van der Waals surface area contributed by atoms with E-state index in [0.29, 0.717) is 5.91 Å². The Balaban J connectivity index is 0.00000144. The number of rotatable bonds is 2. The lowest BCUT2D eigenvalue weighted by molar-refractivity contribution is -0.137. The molecule has 2 aliphatic rings. The summed E-state index contributed by atoms with van der Waals surface area (Å²) in [5, 5.41) is 0. The first-order chi connectivity index (χ1) is 10.6. The Kier molecular flexibility index (Phi) is 8.77. The molecule has 2 unspecified atom stereocenters. The van der Waals surface area contributed by atoms with Gasteiger partial charge in [-0.3, -0.25) is 4.79 Å². The lowest BCUT2D eigenvalue weighted by atomic mass is 9.85. The van der Waals surface area contributed by atoms with Crippen LogP contribution in [0.3, 0.4) is 0 Å². The summed E-state index contributed by atoms with van der Waals surface area (Å²) < 4.78 is 0.985. The minimum absolute atomic E-state index is 0. The van der Waals surface area contributed by atoms with Gasteiger partial charge in [-0.2, -0.15) is 0 Å². The second kappa shape index (κ2) is 9.80. The van der Waals surface area contributed by atoms with E-state index in [0.717, 1.165) is 62.2 Å². The maximum absolute atomic E-state index is 12.6. The molecule has 0 aromatic carbocycles. The van der Waals surface area contributed by atoms with Gasteiger partial charge < -0.3 is 15.5 Å². The standard InChI is InChI=1S/C16H23BrN4O.2ClH/c17-13-4-5-15(19-11-13)20-6-8-21(9-7-20)16(22)12-2-1-3-14(18)10-12;;/h4-5,11-12,14H,1-3,6-10,18H2;2*1H. The van der Waals surface area contributed by atoms with Crippen molar-refractivity contribution in [1.29, 1.82) is 0 Å². The molecule has 2 fully saturated rings. The third-order valence-corrected chi connectivity index (χ3v) is 5.16. The normalized spacial score (nSPS) is 23.9. The van der Waals surface area contributed by atoms with Gasteiger partial charge in [0, 0.05) is 48.8 Å². The van der Waals surface area contributed by atoms with Gasteiger partial charge in [0.25, 0.3) is 0 Å². The highest BCUT2D eigenvalue weighted by atomic mass is 79.9. The zero-order chi connectivity index (χ0) is 15.5. The molecule has 1 saturated heterocycles. The van der Waals surface area contributed by atoms with E-state index in [1.807, 2.05) is 23.2 Å². The number of nitrogens with two attached hydrogens (primary N) is 1. The van der Waals surface area contributed by atoms with E-state index in [2.05, 4.69) is 25.8 Å². The van der Waals surface area contributed by atoms with Gasteiger partial charge in [0.2, 0.25) is 5.91 Å². The molecule has 2 heterocycles. The molecule has 2 atom stereocenters. The van der Waals surface area contributed by atoms with Crippen LogP contribution in [0, 0.1) is 5.92 Å². The van der Waals surface area contributed by atoms with E-state index in [4.69, 9.17) is 5.73 Å². The summed E-state index contributed by atoms with van der Waals surface area (Å²) in [6.45, 7) is 3.25. The summed E-state index contributed by atoms with van der Waals surface area (Å²) in [4.78, 5) is 21.3. The molecule has 2 N–H and O–H groups in total. The average molecular weight is 440 g/mol. The van der Waals surface area contributed by atoms with E-state index < -0.39 is 0 Å². The Labute approximate surface area is 164 Å². The lowest BCUT2D eigenvalue weighted by Crippen LogP contribution is -2.51. The van der Waals surface area contributed by atoms with Crippen LogP contribution in [-0.4, -0.2) is 48.0 Å². The van der Waals surface area contributed by atoms with Crippen LogP contribution in [0.25, 0.3) is 0 Å². The summed E-state index contributed by atoms with van der Waals surface area (Å²) in [5.41, 5.74) is 6.01. The number of halogens is 3. The minimum Gasteiger partial charge on any atom is -0.353 e. The molecule has 0 radical (unpaired) electrons. The average Bonchev–Trinajstić information content (AvgIpc) is 2.55. The maximum Gasteiger partial charge on any atom is 0.225 e. The van der Waals surface area contributed by atoms with Crippen molar-refractivity contribution in [2.75, 3.05) is 31.1 Å². The van der Waals surface area contributed by atoms with Crippen LogP contribution < -0.4 is 10.6 Å². The number of amides is 1. The number of anilines is 1. The van der Waals surface area contributed by atoms with Crippen molar-refractivity contribution in [1.82, 2.24) is 9.88 Å². The molecule has 1 aromatic rings. The van der Waals surface area contributed by atoms with Crippen molar-refractivity contribution in [3.05, 3.63) is 22.8 Å². The van der Waals surface area contributed by atoms with Crippen molar-refractivity contribution < 1.29 is 4.79 Å². The van der Waals surface area contributed by atoms with Gasteiger partial charge in [-0.1, -0.05) is 6.42 Å². The van der Waals surface area contributed by atoms with Gasteiger partial charge in [0.1, 0.15) is 5.82 Å². The first-order valence-electron chi connectivity index (χ1n) is 8.04. The van der Waals surface area contributed by atoms with Crippen LogP contribution in [-0.2, 0) is 4.79 Å². The van der Waals surface area contributed by atoms with Gasteiger partial charge in [0.15, 0.2) is 0 Å². The molecule has 136 valence electrons. The molecule has 1 aromatic heterocycles. The Morgan fingerprint density at radius 1 is 1.17 bits per heavy atom. The van der Waals surface area contributed by atoms with E-state index >= 15 is 0 Å². The predicted molar refractivity (Wildman–Crippen MR) is 105 cm³/mol. The quantitative estimate of drug-likeness (QED) is 0.769. The fourth-order valence-electron chi connectivity index (χ4n) is 3.42. The van der Waals surface area contributed by atoms with Crippen LogP contribution in [0.2, 0.25) is 0 Å². The third kappa shape index (κ3) is 5.22. The summed E-state index contributed by atoms with van der Waals surface area (Å²) in [7, 11) is 0. The van der Waals surface area contributed by atoms with E-state index in [1.54, 1.807) is 0 Å². The lowest BCUT2D eigenvalue weighted by Gasteiger charge is -2.38. The van der Waals surface area contributed by atoms with Gasteiger partial charge in [-0.15, -0.1) is 24.8 Å². The summed E-state index contributed by atoms with van der Waals surface area (Å²) in [5.74, 6) is 1.43. The molecule has 0 spiro atoms. The fourth-order valence-corrected chi connectivity index (χ4v) is 3.66. The smallest absolute Gasteiger partial charge is 0.225 e. The number of piperazine rings is 1. The van der Waals surface area contributed by atoms with Crippen molar-refractivity contribution in [2.45, 2.75) is 31.7 Å². The third-order valence-electron chi connectivity index (χ3n) is 4.69. The number of hydrogen-bond donors (Lipinski definition) is 1. The molecule has 0 bridgehead atoms. The number of nitrogens with zero attached hydrogens (tertiary/aromatic N) is 3. The highest BCUT2D eigenvalue weighted by molar-refractivity contribution is 9.10. The molecule has 1 aliphatic heterocycles. The van der Waals surface area contributed by atoms with Crippen molar-refractivity contribution >= 4 is 52.5 Å². The highest BCUT2D eigenvalue weighted by Gasteiger charge is 2.30. The van der Waals surface area contributed by atoms with Crippen molar-refractivity contribution in [2.24, 2.45) is 11.7 Å². The Hall–Kier alpha value is -0.560. The zero-order valence-electron chi connectivity index (χ0n) is 13.6. The number of pyridine rings is 1. The van der Waals surface area contributed by atoms with E-state index in [-0.39, 0.29) is 36.8 Å². The van der Waals surface area contributed by atoms with E-state index in [9.17, 15) is 4.79 Å². The molecular weight excluding hydrogens is 415 g/mol. The first kappa shape index (κ1) is 21.5. The van der Waals surface area contributed by atoms with Gasteiger partial charge in [-0.05, 0) is 47.3 Å². The van der Waals surface area contributed by atoms with Crippen LogP contribution in [0.1, 0.15) is 25.7 Å². The Morgan fingerprint density at radius 2 is 1.88 bits per heavy atom. The molecule has 1 saturated carbocycles. The largest absolute Gasteiger partial charge is 0.353 e. The second-order valence-corrected chi connectivity index (χ2v) is 7.19. The topological polar surface area (TPSA) is 62.5 Å². The van der Waals surface area contributed by atoms with Gasteiger partial charge >= 0.3 is 0 Å². The first-order valence-corrected chi connectivity index (χ1v) is 8.83. The zero-order valence-corrected chi connectivity index (χ0v) is 16.8. The molecule has 8 heteroatoms. The molecule has 1 amide bonds. The van der Waals surface area contributed by atoms with Crippen molar-refractivity contribution in [3.63, 3.8) is 0 Å². The Morgan fingerprint density at radius 3 is 2.46 bits per heavy atom. The van der Waals surface area contributed by atoms with E-state index in [1.165, 1.54) is 0 Å². The molecule has 3 rings (SSSR count). The maximum atomic E-state index is 12.6. The number of carbonyl (C=O) groups excluding carboxylic acids is 1. The van der Waals surface area contributed by atoms with Crippen molar-refractivity contribution in [3.8, 4) is 0 Å². The van der Waals surface area contributed by atoms with Gasteiger partial charge in [0.05, 0.1) is 0 Å². The summed E-state index contributed by atoms with van der Waals surface area (Å²) in [6.07, 6.45) is 5.82. The molecule has 1 aliphatic carbocycles. The summed E-state index contributed by atoms with van der Waals surface area (Å²) in [6, 6.07) is 4.22. The number of hydrogen-bond acceptors (Lipinski definition) is 4. The fraction of sp³-hybridized carbons (Fsp3) is 0.625. The predicted octanol–water partition coefficient (Wildman–Crippen LogP) is 2.85. The number of carbonyl (C=O) groups is 1. The minimum atomic E-state index is 0. The number of aromatic nitrogens is 1. The van der Waals surface area contributed by atoms with Gasteiger partial charge in [-0.25, -0.2) is 4.98 Å². The van der Waals surface area contributed by atoms with Crippen LogP contribution >= 0.6 is 40.7 Å². The highest BCUT2D eigenvalue weighted by Crippen LogP contribution is 2.26. The van der Waals surface area contributed by atoms with Crippen LogP contribution in [0.15, 0.2) is 22.8 Å². The SMILES string of the molecule is Cl.Cl.NC1CCCC(C(=O)N2CCN(c3ccc(Br)cn3)CC2)C1. The monoisotopic (exact) mass is 438 g/mol. The molecule has 5 nitrogen and oxygen atoms in total. The second-order valence-electron chi connectivity index (χ2n) is 6.27. The molecular formula is C16H25BrCl2N4O. The van der Waals surface area contributed by atoms with Crippen LogP contribution in [0.4, 0.5) is 5.82 Å².